The van der Waals surface area contributed by atoms with Crippen molar-refractivity contribution in [2.24, 2.45) is 0 Å². The number of hydrogen-bond donors (Lipinski definition) is 2. The summed E-state index contributed by atoms with van der Waals surface area (Å²) in [6.07, 6.45) is 9.65. The van der Waals surface area contributed by atoms with Crippen LogP contribution >= 0.6 is 0 Å². The molecule has 0 aliphatic carbocycles. The highest BCUT2D eigenvalue weighted by Gasteiger charge is 2.11. The third-order valence-electron chi connectivity index (χ3n) is 4.67. The molecule has 2 N–H and O–H groups in total. The Balaban J connectivity index is 1.38. The van der Waals surface area contributed by atoms with Gasteiger partial charge in [0.15, 0.2) is 5.82 Å². The monoisotopic (exact) mass is 386 g/mol. The molecule has 0 spiro atoms. The lowest BCUT2D eigenvalue weighted by molar-refractivity contribution is 0.759. The van der Waals surface area contributed by atoms with E-state index >= 15 is 0 Å². The molecule has 146 valence electrons. The summed E-state index contributed by atoms with van der Waals surface area (Å²) in [5, 5.41) is 6.28. The van der Waals surface area contributed by atoms with Crippen molar-refractivity contribution in [3.8, 4) is 16.9 Å². The van der Waals surface area contributed by atoms with Crippen molar-refractivity contribution in [1.29, 1.82) is 0 Å². The molecule has 29 heavy (non-hydrogen) atoms. The van der Waals surface area contributed by atoms with E-state index in [4.69, 9.17) is 0 Å². The second kappa shape index (κ2) is 8.97. The van der Waals surface area contributed by atoms with Crippen molar-refractivity contribution >= 4 is 5.82 Å². The maximum Gasteiger partial charge on any atom is 0.280 e. The third kappa shape index (κ3) is 4.57. The number of H-pyrrole nitrogens is 1. The second-order valence-electron chi connectivity index (χ2n) is 6.70. The minimum absolute atomic E-state index is 0.175. The summed E-state index contributed by atoms with van der Waals surface area (Å²) >= 11 is 0. The number of unbranched alkanes of at least 4 members (excludes halogenated alkanes) is 1. The average molecular weight is 386 g/mol. The van der Waals surface area contributed by atoms with Gasteiger partial charge in [0.05, 0.1) is 5.56 Å². The van der Waals surface area contributed by atoms with E-state index < -0.39 is 0 Å². The fourth-order valence-corrected chi connectivity index (χ4v) is 3.15. The van der Waals surface area contributed by atoms with Crippen molar-refractivity contribution in [3.63, 3.8) is 0 Å². The maximum atomic E-state index is 12.7. The lowest BCUT2D eigenvalue weighted by Crippen LogP contribution is -2.17. The van der Waals surface area contributed by atoms with Gasteiger partial charge in [0.2, 0.25) is 0 Å². The van der Waals surface area contributed by atoms with Crippen LogP contribution in [0.25, 0.3) is 16.9 Å². The molecule has 0 amide bonds. The molecule has 7 nitrogen and oxygen atoms in total. The Hall–Kier alpha value is -3.74. The van der Waals surface area contributed by atoms with Crippen LogP contribution in [-0.4, -0.2) is 31.3 Å². The van der Waals surface area contributed by atoms with Gasteiger partial charge in [0.1, 0.15) is 12.1 Å². The van der Waals surface area contributed by atoms with E-state index in [2.05, 4.69) is 49.6 Å². The molecule has 0 fully saturated rings. The summed E-state index contributed by atoms with van der Waals surface area (Å²) in [7, 11) is 0. The minimum Gasteiger partial charge on any atom is -0.370 e. The molecule has 0 saturated heterocycles. The normalized spacial score (nSPS) is 10.8. The molecule has 0 radical (unpaired) electrons. The van der Waals surface area contributed by atoms with E-state index in [9.17, 15) is 4.79 Å². The Labute approximate surface area is 168 Å². The van der Waals surface area contributed by atoms with Gasteiger partial charge in [-0.2, -0.15) is 0 Å². The molecule has 1 aromatic carbocycles. The van der Waals surface area contributed by atoms with Crippen molar-refractivity contribution in [2.45, 2.75) is 19.3 Å². The Bertz CT molecular complexity index is 1100. The zero-order valence-corrected chi connectivity index (χ0v) is 16.0. The lowest BCUT2D eigenvalue weighted by Gasteiger charge is -2.07. The summed E-state index contributed by atoms with van der Waals surface area (Å²) in [5.41, 5.74) is 2.49. The van der Waals surface area contributed by atoms with Crippen molar-refractivity contribution < 1.29 is 0 Å². The number of rotatable bonds is 8. The highest BCUT2D eigenvalue weighted by atomic mass is 16.1. The lowest BCUT2D eigenvalue weighted by atomic mass is 10.1. The molecule has 0 aliphatic heterocycles. The number of nitrogens with zero attached hydrogens (tertiary/aromatic N) is 4. The number of aromatic nitrogens is 5. The van der Waals surface area contributed by atoms with Crippen LogP contribution < -0.4 is 10.9 Å². The third-order valence-corrected chi connectivity index (χ3v) is 4.67. The van der Waals surface area contributed by atoms with Crippen LogP contribution in [0.15, 0.2) is 78.2 Å². The van der Waals surface area contributed by atoms with Gasteiger partial charge in [-0.1, -0.05) is 36.4 Å². The molecule has 7 heteroatoms. The number of pyridine rings is 1. The highest BCUT2D eigenvalue weighted by molar-refractivity contribution is 5.60. The number of nitrogens with one attached hydrogen (secondary N) is 2. The van der Waals surface area contributed by atoms with Crippen LogP contribution in [0.2, 0.25) is 0 Å². The fourth-order valence-electron chi connectivity index (χ4n) is 3.15. The van der Waals surface area contributed by atoms with Gasteiger partial charge in [-0.25, -0.2) is 14.6 Å². The summed E-state index contributed by atoms with van der Waals surface area (Å²) in [4.78, 5) is 25.3. The van der Waals surface area contributed by atoms with Crippen LogP contribution in [0.5, 0.6) is 0 Å². The van der Waals surface area contributed by atoms with Gasteiger partial charge >= 0.3 is 0 Å². The van der Waals surface area contributed by atoms with Crippen LogP contribution in [0.3, 0.4) is 0 Å². The molecular weight excluding hydrogens is 364 g/mol. The maximum absolute atomic E-state index is 12.7. The van der Waals surface area contributed by atoms with E-state index in [1.165, 1.54) is 16.6 Å². The summed E-state index contributed by atoms with van der Waals surface area (Å²) < 4.78 is 1.41. The predicted molar refractivity (Wildman–Crippen MR) is 113 cm³/mol. The first-order valence-electron chi connectivity index (χ1n) is 9.62. The van der Waals surface area contributed by atoms with Crippen LogP contribution in [0.1, 0.15) is 18.4 Å². The first-order valence-corrected chi connectivity index (χ1v) is 9.62. The highest BCUT2D eigenvalue weighted by Crippen LogP contribution is 2.14. The summed E-state index contributed by atoms with van der Waals surface area (Å²) in [6.45, 7) is 0.809. The molecule has 3 aromatic heterocycles. The summed E-state index contributed by atoms with van der Waals surface area (Å²) in [5.74, 6) is 1.19. The molecular formula is C22H22N6O. The van der Waals surface area contributed by atoms with Gasteiger partial charge in [0.25, 0.3) is 5.56 Å². The Morgan fingerprint density at radius 3 is 2.76 bits per heavy atom. The molecule has 4 aromatic rings. The number of anilines is 1. The standard InChI is InChI=1S/C22H22N6O/c29-22-19(18-10-6-11-23-14-18)15-27-28(22)21-13-20(25-16-26-21)24-12-5-4-9-17-7-2-1-3-8-17/h1-3,6-8,10-11,13-16,27H,4-5,9,12H2,(H,24,25,26). The Morgan fingerprint density at radius 1 is 1.03 bits per heavy atom. The molecule has 0 aliphatic rings. The van der Waals surface area contributed by atoms with Gasteiger partial charge in [-0.3, -0.25) is 14.9 Å². The van der Waals surface area contributed by atoms with Gasteiger partial charge in [-0.15, -0.1) is 0 Å². The number of aryl methyl sites for hydroxylation is 1. The van der Waals surface area contributed by atoms with Gasteiger partial charge in [0, 0.05) is 36.8 Å². The van der Waals surface area contributed by atoms with E-state index in [0.717, 1.165) is 31.4 Å². The number of aromatic amines is 1. The first kappa shape index (κ1) is 18.6. The molecule has 4 rings (SSSR count). The fraction of sp³-hybridized carbons (Fsp3) is 0.182. The van der Waals surface area contributed by atoms with Crippen LogP contribution in [0.4, 0.5) is 5.82 Å². The van der Waals surface area contributed by atoms with Crippen molar-refractivity contribution in [3.05, 3.63) is 89.4 Å². The smallest absolute Gasteiger partial charge is 0.280 e. The van der Waals surface area contributed by atoms with Crippen LogP contribution in [-0.2, 0) is 6.42 Å². The SMILES string of the molecule is O=c1c(-c2cccnc2)c[nH]n1-c1cc(NCCCCc2ccccc2)ncn1. The van der Waals surface area contributed by atoms with E-state index in [1.807, 2.05) is 12.1 Å². The van der Waals surface area contributed by atoms with Crippen molar-refractivity contribution in [2.75, 3.05) is 11.9 Å². The quantitative estimate of drug-likeness (QED) is 0.453. The topological polar surface area (TPSA) is 88.5 Å². The van der Waals surface area contributed by atoms with E-state index in [1.54, 1.807) is 30.7 Å². The Morgan fingerprint density at radius 2 is 1.93 bits per heavy atom. The second-order valence-corrected chi connectivity index (χ2v) is 6.70. The molecule has 0 bridgehead atoms. The molecule has 3 heterocycles. The van der Waals surface area contributed by atoms with Crippen LogP contribution in [0, 0.1) is 0 Å². The number of hydrogen-bond acceptors (Lipinski definition) is 5. The van der Waals surface area contributed by atoms with Crippen molar-refractivity contribution in [1.82, 2.24) is 24.7 Å². The predicted octanol–water partition coefficient (Wildman–Crippen LogP) is 3.45. The zero-order valence-electron chi connectivity index (χ0n) is 16.0. The average Bonchev–Trinajstić information content (AvgIpc) is 3.16. The molecule has 0 saturated carbocycles. The minimum atomic E-state index is -0.175. The molecule has 0 atom stereocenters. The Kier molecular flexibility index (Phi) is 5.76. The van der Waals surface area contributed by atoms with E-state index in [0.29, 0.717) is 17.2 Å². The summed E-state index contributed by atoms with van der Waals surface area (Å²) in [6, 6.07) is 15.9. The zero-order chi connectivity index (χ0) is 19.9. The van der Waals surface area contributed by atoms with Gasteiger partial charge < -0.3 is 5.32 Å². The van der Waals surface area contributed by atoms with E-state index in [-0.39, 0.29) is 5.56 Å². The van der Waals surface area contributed by atoms with Gasteiger partial charge in [-0.05, 0) is 30.9 Å². The molecule has 0 unspecified atom stereocenters. The first-order chi connectivity index (χ1) is 14.3. The number of benzene rings is 1. The largest absolute Gasteiger partial charge is 0.370 e.